The van der Waals surface area contributed by atoms with E-state index in [2.05, 4.69) is 4.98 Å². The van der Waals surface area contributed by atoms with Gasteiger partial charge in [-0.2, -0.15) is 0 Å². The summed E-state index contributed by atoms with van der Waals surface area (Å²) in [6, 6.07) is 14.0. The van der Waals surface area contributed by atoms with E-state index in [9.17, 15) is 9.90 Å². The first-order valence-corrected chi connectivity index (χ1v) is 7.43. The van der Waals surface area contributed by atoms with Crippen molar-refractivity contribution in [2.24, 2.45) is 0 Å². The summed E-state index contributed by atoms with van der Waals surface area (Å²) >= 11 is 0. The van der Waals surface area contributed by atoms with Crippen molar-refractivity contribution in [2.75, 3.05) is 0 Å². The van der Waals surface area contributed by atoms with Gasteiger partial charge in [0.15, 0.2) is 5.69 Å². The fourth-order valence-corrected chi connectivity index (χ4v) is 2.66. The van der Waals surface area contributed by atoms with Crippen molar-refractivity contribution < 1.29 is 9.90 Å². The minimum atomic E-state index is -1.02. The van der Waals surface area contributed by atoms with Crippen LogP contribution >= 0.6 is 0 Å². The highest BCUT2D eigenvalue weighted by Gasteiger charge is 2.18. The molecule has 1 aromatic heterocycles. The molecular formula is C19H18N2O2. The quantitative estimate of drug-likeness (QED) is 0.790. The summed E-state index contributed by atoms with van der Waals surface area (Å²) in [6.45, 7) is 6.03. The Kier molecular flexibility index (Phi) is 3.74. The lowest BCUT2D eigenvalue weighted by Crippen LogP contribution is -2.00. The number of aryl methyl sites for hydroxylation is 3. The van der Waals surface area contributed by atoms with Crippen LogP contribution in [0, 0.1) is 20.8 Å². The maximum Gasteiger partial charge on any atom is 0.356 e. The van der Waals surface area contributed by atoms with Gasteiger partial charge in [0.2, 0.25) is 0 Å². The Balaban J connectivity index is 2.30. The van der Waals surface area contributed by atoms with Gasteiger partial charge in [0, 0.05) is 11.8 Å². The number of rotatable bonds is 3. The summed E-state index contributed by atoms with van der Waals surface area (Å²) in [6.07, 6.45) is 1.59. The summed E-state index contributed by atoms with van der Waals surface area (Å²) in [5.41, 5.74) is 5.17. The third kappa shape index (κ3) is 2.75. The Hall–Kier alpha value is -2.88. The monoisotopic (exact) mass is 306 g/mol. The van der Waals surface area contributed by atoms with E-state index < -0.39 is 5.97 Å². The van der Waals surface area contributed by atoms with E-state index in [0.717, 1.165) is 27.9 Å². The molecule has 0 unspecified atom stereocenters. The van der Waals surface area contributed by atoms with Gasteiger partial charge in [0.25, 0.3) is 0 Å². The summed E-state index contributed by atoms with van der Waals surface area (Å²) in [5, 5.41) is 9.33. The van der Waals surface area contributed by atoms with E-state index in [-0.39, 0.29) is 5.69 Å². The van der Waals surface area contributed by atoms with Gasteiger partial charge in [-0.15, -0.1) is 0 Å². The predicted molar refractivity (Wildman–Crippen MR) is 90.2 cm³/mol. The lowest BCUT2D eigenvalue weighted by molar-refractivity contribution is 0.0691. The molecule has 23 heavy (non-hydrogen) atoms. The molecule has 0 saturated carbocycles. The van der Waals surface area contributed by atoms with Gasteiger partial charge in [0.05, 0.1) is 5.69 Å². The first-order chi connectivity index (χ1) is 11.0. The van der Waals surface area contributed by atoms with E-state index in [1.807, 2.05) is 67.8 Å². The molecule has 0 bridgehead atoms. The fourth-order valence-electron chi connectivity index (χ4n) is 2.66. The molecule has 2 aromatic carbocycles. The van der Waals surface area contributed by atoms with E-state index in [0.29, 0.717) is 5.82 Å². The van der Waals surface area contributed by atoms with E-state index in [4.69, 9.17) is 0 Å². The summed E-state index contributed by atoms with van der Waals surface area (Å²) in [7, 11) is 0. The second-order valence-electron chi connectivity index (χ2n) is 5.73. The molecule has 3 aromatic rings. The molecule has 0 aliphatic rings. The van der Waals surface area contributed by atoms with Crippen molar-refractivity contribution in [2.45, 2.75) is 20.8 Å². The Morgan fingerprint density at radius 2 is 1.78 bits per heavy atom. The van der Waals surface area contributed by atoms with Crippen molar-refractivity contribution >= 4 is 5.97 Å². The summed E-state index contributed by atoms with van der Waals surface area (Å²) in [5.74, 6) is -0.377. The molecule has 0 spiro atoms. The predicted octanol–water partition coefficient (Wildman–Crippen LogP) is 4.16. The number of hydrogen-bond donors (Lipinski definition) is 1. The number of carboxylic acid groups (broad SMARTS) is 1. The minimum absolute atomic E-state index is 0.0455. The first kappa shape index (κ1) is 15.0. The van der Waals surface area contributed by atoms with Gasteiger partial charge in [-0.3, -0.25) is 4.57 Å². The standard InChI is InChI=1S/C19H18N2O2/c1-12-8-9-14(3)17(10-12)21-11-16(19(22)23)20-18(21)15-7-5-4-6-13(15)2/h4-11H,1-3H3,(H,22,23). The third-order valence-corrected chi connectivity index (χ3v) is 3.94. The largest absolute Gasteiger partial charge is 0.476 e. The average molecular weight is 306 g/mol. The van der Waals surface area contributed by atoms with Gasteiger partial charge in [-0.05, 0) is 43.5 Å². The molecule has 0 fully saturated rings. The summed E-state index contributed by atoms with van der Waals surface area (Å²) in [4.78, 5) is 15.7. The highest BCUT2D eigenvalue weighted by molar-refractivity contribution is 5.86. The van der Waals surface area contributed by atoms with Crippen molar-refractivity contribution in [3.63, 3.8) is 0 Å². The molecule has 1 heterocycles. The van der Waals surface area contributed by atoms with Crippen molar-refractivity contribution in [3.05, 3.63) is 71.0 Å². The molecule has 4 nitrogen and oxygen atoms in total. The Morgan fingerprint density at radius 1 is 1.04 bits per heavy atom. The van der Waals surface area contributed by atoms with E-state index in [1.54, 1.807) is 6.20 Å². The molecule has 0 amide bonds. The average Bonchev–Trinajstić information content (AvgIpc) is 2.95. The van der Waals surface area contributed by atoms with Crippen LogP contribution in [0.2, 0.25) is 0 Å². The molecule has 4 heteroatoms. The van der Waals surface area contributed by atoms with Crippen LogP contribution in [0.4, 0.5) is 0 Å². The topological polar surface area (TPSA) is 55.1 Å². The molecule has 0 aliphatic heterocycles. The Bertz CT molecular complexity index is 894. The second kappa shape index (κ2) is 5.72. The Labute approximate surface area is 135 Å². The van der Waals surface area contributed by atoms with Crippen LogP contribution in [-0.4, -0.2) is 20.6 Å². The molecule has 116 valence electrons. The van der Waals surface area contributed by atoms with Crippen LogP contribution in [0.3, 0.4) is 0 Å². The van der Waals surface area contributed by atoms with E-state index >= 15 is 0 Å². The summed E-state index contributed by atoms with van der Waals surface area (Å²) < 4.78 is 1.87. The van der Waals surface area contributed by atoms with Gasteiger partial charge >= 0.3 is 5.97 Å². The number of imidazole rings is 1. The van der Waals surface area contributed by atoms with Gasteiger partial charge in [-0.25, -0.2) is 9.78 Å². The zero-order chi connectivity index (χ0) is 16.6. The zero-order valence-electron chi connectivity index (χ0n) is 13.4. The van der Waals surface area contributed by atoms with Gasteiger partial charge < -0.3 is 5.11 Å². The van der Waals surface area contributed by atoms with Crippen molar-refractivity contribution in [1.29, 1.82) is 0 Å². The van der Waals surface area contributed by atoms with E-state index in [1.165, 1.54) is 0 Å². The lowest BCUT2D eigenvalue weighted by Gasteiger charge is -2.13. The molecular weight excluding hydrogens is 288 g/mol. The molecule has 1 N–H and O–H groups in total. The third-order valence-electron chi connectivity index (χ3n) is 3.94. The highest BCUT2D eigenvalue weighted by Crippen LogP contribution is 2.27. The smallest absolute Gasteiger partial charge is 0.356 e. The first-order valence-electron chi connectivity index (χ1n) is 7.43. The van der Waals surface area contributed by atoms with Crippen LogP contribution in [0.5, 0.6) is 0 Å². The maximum absolute atomic E-state index is 11.4. The van der Waals surface area contributed by atoms with Crippen LogP contribution in [-0.2, 0) is 0 Å². The lowest BCUT2D eigenvalue weighted by atomic mass is 10.1. The number of carbonyl (C=O) groups is 1. The van der Waals surface area contributed by atoms with Crippen LogP contribution in [0.15, 0.2) is 48.7 Å². The molecule has 3 rings (SSSR count). The number of hydrogen-bond acceptors (Lipinski definition) is 2. The van der Waals surface area contributed by atoms with Gasteiger partial charge in [-0.1, -0.05) is 36.4 Å². The maximum atomic E-state index is 11.4. The number of carboxylic acids is 1. The highest BCUT2D eigenvalue weighted by atomic mass is 16.4. The van der Waals surface area contributed by atoms with Gasteiger partial charge in [0.1, 0.15) is 5.82 Å². The number of aromatic nitrogens is 2. The zero-order valence-corrected chi connectivity index (χ0v) is 13.4. The number of nitrogens with zero attached hydrogens (tertiary/aromatic N) is 2. The number of benzene rings is 2. The van der Waals surface area contributed by atoms with Crippen LogP contribution < -0.4 is 0 Å². The molecule has 0 aliphatic carbocycles. The Morgan fingerprint density at radius 3 is 2.48 bits per heavy atom. The normalized spacial score (nSPS) is 10.7. The molecule has 0 saturated heterocycles. The van der Waals surface area contributed by atoms with Crippen molar-refractivity contribution in [1.82, 2.24) is 9.55 Å². The van der Waals surface area contributed by atoms with Crippen molar-refractivity contribution in [3.8, 4) is 17.1 Å². The second-order valence-corrected chi connectivity index (χ2v) is 5.73. The minimum Gasteiger partial charge on any atom is -0.476 e. The van der Waals surface area contributed by atoms with Crippen LogP contribution in [0.1, 0.15) is 27.2 Å². The number of aromatic carboxylic acids is 1. The fraction of sp³-hybridized carbons (Fsp3) is 0.158. The van der Waals surface area contributed by atoms with Crippen LogP contribution in [0.25, 0.3) is 17.1 Å². The SMILES string of the molecule is Cc1ccc(C)c(-n2cc(C(=O)O)nc2-c2ccccc2C)c1. The molecule has 0 atom stereocenters. The molecule has 0 radical (unpaired) electrons.